The van der Waals surface area contributed by atoms with Crippen LogP contribution in [0, 0.1) is 34.5 Å². The molecule has 1 heteroatoms. The first kappa shape index (κ1) is 15.0. The summed E-state index contributed by atoms with van der Waals surface area (Å²) in [5, 5.41) is 3.53. The Hall–Kier alpha value is -0.0400. The molecule has 1 aliphatic rings. The molecule has 1 aliphatic carbocycles. The van der Waals surface area contributed by atoms with Gasteiger partial charge >= 0.3 is 0 Å². The molecular weight excluding hydrogens is 206 g/mol. The molecule has 1 N–H and O–H groups in total. The van der Waals surface area contributed by atoms with E-state index in [0.717, 1.165) is 29.7 Å². The lowest BCUT2D eigenvalue weighted by Gasteiger charge is -2.33. The van der Waals surface area contributed by atoms with Gasteiger partial charge in [0.15, 0.2) is 0 Å². The fourth-order valence-electron chi connectivity index (χ4n) is 3.60. The van der Waals surface area contributed by atoms with Crippen molar-refractivity contribution in [1.29, 1.82) is 0 Å². The molecule has 0 amide bonds. The molecule has 1 saturated carbocycles. The normalized spacial score (nSPS) is 33.4. The highest BCUT2D eigenvalue weighted by Gasteiger charge is 2.58. The molecule has 0 bridgehead atoms. The molecule has 0 aromatic carbocycles. The van der Waals surface area contributed by atoms with Gasteiger partial charge in [0.05, 0.1) is 0 Å². The molecule has 1 rings (SSSR count). The Kier molecular flexibility index (Phi) is 4.04. The van der Waals surface area contributed by atoms with Gasteiger partial charge in [-0.2, -0.15) is 0 Å². The monoisotopic (exact) mass is 239 g/mol. The summed E-state index contributed by atoms with van der Waals surface area (Å²) in [5.41, 5.74) is 0.854. The molecule has 0 heterocycles. The second kappa shape index (κ2) is 4.57. The molecular formula is C16H33N. The third-order valence-corrected chi connectivity index (χ3v) is 5.17. The zero-order valence-electron chi connectivity index (χ0n) is 13.4. The summed E-state index contributed by atoms with van der Waals surface area (Å²) in [4.78, 5) is 0. The molecule has 0 aliphatic heterocycles. The maximum atomic E-state index is 3.53. The summed E-state index contributed by atoms with van der Waals surface area (Å²) < 4.78 is 0. The SMILES string of the molecule is CNC1C(C(C)C(C)C(C)(C)C)C1C(C)(C)C. The fourth-order valence-corrected chi connectivity index (χ4v) is 3.60. The second-order valence-corrected chi connectivity index (χ2v) is 8.30. The predicted octanol–water partition coefficient (Wildman–Crippen LogP) is 4.18. The lowest BCUT2D eigenvalue weighted by Crippen LogP contribution is -2.27. The van der Waals surface area contributed by atoms with E-state index in [1.165, 1.54) is 0 Å². The Balaban J connectivity index is 2.75. The Morgan fingerprint density at radius 1 is 0.941 bits per heavy atom. The molecule has 0 spiro atoms. The predicted molar refractivity (Wildman–Crippen MR) is 77.1 cm³/mol. The Morgan fingerprint density at radius 2 is 1.41 bits per heavy atom. The average molecular weight is 239 g/mol. The Bertz CT molecular complexity index is 256. The van der Waals surface area contributed by atoms with Gasteiger partial charge in [-0.25, -0.2) is 0 Å². The molecule has 17 heavy (non-hydrogen) atoms. The minimum atomic E-state index is 0.419. The molecule has 5 atom stereocenters. The van der Waals surface area contributed by atoms with Crippen molar-refractivity contribution in [3.05, 3.63) is 0 Å². The van der Waals surface area contributed by atoms with Gasteiger partial charge in [0, 0.05) is 6.04 Å². The van der Waals surface area contributed by atoms with Crippen molar-refractivity contribution in [3.63, 3.8) is 0 Å². The van der Waals surface area contributed by atoms with Crippen LogP contribution in [0.1, 0.15) is 55.4 Å². The zero-order chi connectivity index (χ0) is 13.6. The van der Waals surface area contributed by atoms with Crippen molar-refractivity contribution in [2.75, 3.05) is 7.05 Å². The topological polar surface area (TPSA) is 12.0 Å². The van der Waals surface area contributed by atoms with Crippen LogP contribution in [0.3, 0.4) is 0 Å². The first-order valence-corrected chi connectivity index (χ1v) is 7.19. The van der Waals surface area contributed by atoms with Crippen LogP contribution in [-0.2, 0) is 0 Å². The summed E-state index contributed by atoms with van der Waals surface area (Å²) in [6.07, 6.45) is 0. The Labute approximate surface area is 109 Å². The van der Waals surface area contributed by atoms with E-state index in [-0.39, 0.29) is 0 Å². The summed E-state index contributed by atoms with van der Waals surface area (Å²) in [7, 11) is 2.12. The number of hydrogen-bond donors (Lipinski definition) is 1. The van der Waals surface area contributed by atoms with Gasteiger partial charge in [-0.1, -0.05) is 55.4 Å². The molecule has 0 aromatic rings. The Morgan fingerprint density at radius 3 is 1.65 bits per heavy atom. The summed E-state index contributed by atoms with van der Waals surface area (Å²) in [5.74, 6) is 3.27. The first-order chi connectivity index (χ1) is 7.51. The lowest BCUT2D eigenvalue weighted by atomic mass is 9.72. The maximum Gasteiger partial charge on any atom is 0.0135 e. The maximum absolute atomic E-state index is 3.53. The van der Waals surface area contributed by atoms with Crippen LogP contribution in [0.2, 0.25) is 0 Å². The van der Waals surface area contributed by atoms with Gasteiger partial charge in [-0.05, 0) is 41.5 Å². The van der Waals surface area contributed by atoms with Crippen molar-refractivity contribution in [3.8, 4) is 0 Å². The highest BCUT2D eigenvalue weighted by atomic mass is 15.0. The fraction of sp³-hybridized carbons (Fsp3) is 1.00. The van der Waals surface area contributed by atoms with E-state index in [4.69, 9.17) is 0 Å². The summed E-state index contributed by atoms with van der Waals surface area (Å²) in [6.45, 7) is 19.2. The highest BCUT2D eigenvalue weighted by Crippen LogP contribution is 2.57. The third-order valence-electron chi connectivity index (χ3n) is 5.17. The van der Waals surface area contributed by atoms with Crippen LogP contribution >= 0.6 is 0 Å². The summed E-state index contributed by atoms with van der Waals surface area (Å²) >= 11 is 0. The van der Waals surface area contributed by atoms with Gasteiger partial charge in [0.25, 0.3) is 0 Å². The minimum absolute atomic E-state index is 0.419. The van der Waals surface area contributed by atoms with Crippen molar-refractivity contribution < 1.29 is 0 Å². The van der Waals surface area contributed by atoms with Crippen LogP contribution < -0.4 is 5.32 Å². The van der Waals surface area contributed by atoms with Crippen LogP contribution in [0.25, 0.3) is 0 Å². The van der Waals surface area contributed by atoms with Crippen molar-refractivity contribution in [2.45, 2.75) is 61.4 Å². The van der Waals surface area contributed by atoms with E-state index in [2.05, 4.69) is 67.8 Å². The van der Waals surface area contributed by atoms with Gasteiger partial charge in [0.1, 0.15) is 0 Å². The van der Waals surface area contributed by atoms with E-state index in [0.29, 0.717) is 10.8 Å². The second-order valence-electron chi connectivity index (χ2n) is 8.30. The quantitative estimate of drug-likeness (QED) is 0.779. The minimum Gasteiger partial charge on any atom is -0.316 e. The average Bonchev–Trinajstić information content (AvgIpc) is 2.87. The van der Waals surface area contributed by atoms with Gasteiger partial charge in [0.2, 0.25) is 0 Å². The van der Waals surface area contributed by atoms with Crippen molar-refractivity contribution >= 4 is 0 Å². The largest absolute Gasteiger partial charge is 0.316 e. The highest BCUT2D eigenvalue weighted by molar-refractivity contribution is 5.10. The van der Waals surface area contributed by atoms with Gasteiger partial charge < -0.3 is 5.32 Å². The molecule has 1 nitrogen and oxygen atoms in total. The van der Waals surface area contributed by atoms with Crippen LogP contribution in [0.4, 0.5) is 0 Å². The zero-order valence-corrected chi connectivity index (χ0v) is 13.4. The van der Waals surface area contributed by atoms with E-state index in [1.807, 2.05) is 0 Å². The van der Waals surface area contributed by atoms with Crippen molar-refractivity contribution in [1.82, 2.24) is 5.32 Å². The molecule has 0 saturated heterocycles. The molecule has 0 aromatic heterocycles. The molecule has 0 radical (unpaired) electrons. The van der Waals surface area contributed by atoms with E-state index >= 15 is 0 Å². The lowest BCUT2D eigenvalue weighted by molar-refractivity contribution is 0.155. The van der Waals surface area contributed by atoms with E-state index in [9.17, 15) is 0 Å². The van der Waals surface area contributed by atoms with E-state index < -0.39 is 0 Å². The van der Waals surface area contributed by atoms with Crippen LogP contribution in [0.15, 0.2) is 0 Å². The smallest absolute Gasteiger partial charge is 0.0135 e. The summed E-state index contributed by atoms with van der Waals surface area (Å²) in [6, 6.07) is 0.731. The van der Waals surface area contributed by atoms with Crippen molar-refractivity contribution in [2.24, 2.45) is 34.5 Å². The molecule has 102 valence electrons. The first-order valence-electron chi connectivity index (χ1n) is 7.19. The van der Waals surface area contributed by atoms with E-state index in [1.54, 1.807) is 0 Å². The van der Waals surface area contributed by atoms with Crippen LogP contribution in [-0.4, -0.2) is 13.1 Å². The number of rotatable bonds is 3. The standard InChI is InChI=1S/C16H33N/c1-10(11(2)15(3,4)5)12-13(14(12)17-9)16(6,7)8/h10-14,17H,1-9H3. The molecule has 5 unspecified atom stereocenters. The van der Waals surface area contributed by atoms with Crippen LogP contribution in [0.5, 0.6) is 0 Å². The number of hydrogen-bond acceptors (Lipinski definition) is 1. The van der Waals surface area contributed by atoms with Gasteiger partial charge in [-0.3, -0.25) is 0 Å². The number of nitrogens with one attached hydrogen (secondary N) is 1. The third kappa shape index (κ3) is 3.05. The molecule has 1 fully saturated rings. The van der Waals surface area contributed by atoms with Gasteiger partial charge in [-0.15, -0.1) is 0 Å².